The summed E-state index contributed by atoms with van der Waals surface area (Å²) < 4.78 is 2.79. The van der Waals surface area contributed by atoms with E-state index in [0.29, 0.717) is 0 Å². The Morgan fingerprint density at radius 3 is 2.91 bits per heavy atom. The fraction of sp³-hybridized carbons (Fsp3) is 0.571. The fourth-order valence-electron chi connectivity index (χ4n) is 0.808. The van der Waals surface area contributed by atoms with E-state index in [-0.39, 0.29) is 0 Å². The molecule has 1 rings (SSSR count). The summed E-state index contributed by atoms with van der Waals surface area (Å²) in [6, 6.07) is 0. The first-order valence-corrected chi connectivity index (χ1v) is 5.08. The summed E-state index contributed by atoms with van der Waals surface area (Å²) in [6.45, 7) is 3.13. The number of hydrogen-bond acceptors (Lipinski definition) is 1. The van der Waals surface area contributed by atoms with Crippen LogP contribution in [0.5, 0.6) is 0 Å². The highest BCUT2D eigenvalue weighted by atomic mass is 127. The Kier molecular flexibility index (Phi) is 3.65. The van der Waals surface area contributed by atoms with Crippen molar-refractivity contribution >= 4 is 34.2 Å². The van der Waals surface area contributed by atoms with Gasteiger partial charge in [-0.25, -0.2) is 0 Å². The molecule has 0 radical (unpaired) electrons. The molecule has 0 unspecified atom stereocenters. The second-order valence-corrected chi connectivity index (χ2v) is 3.81. The Morgan fingerprint density at radius 2 is 2.45 bits per heavy atom. The van der Waals surface area contributed by atoms with E-state index >= 15 is 0 Å². The lowest BCUT2D eigenvalue weighted by atomic mass is 10.3. The van der Waals surface area contributed by atoms with Crippen LogP contribution < -0.4 is 0 Å². The first kappa shape index (κ1) is 9.32. The molecule has 1 heterocycles. The standard InChI is InChI=1S/C7H10ClIN2/c1-2-3-4-11-5-6(8)7(9)10-11/h5H,2-4H2,1H3. The molecule has 0 aliphatic heterocycles. The zero-order valence-electron chi connectivity index (χ0n) is 6.35. The van der Waals surface area contributed by atoms with Crippen molar-refractivity contribution in [3.63, 3.8) is 0 Å². The molecule has 0 fully saturated rings. The number of aromatic nitrogens is 2. The fourth-order valence-corrected chi connectivity index (χ4v) is 1.38. The Labute approximate surface area is 85.1 Å². The zero-order chi connectivity index (χ0) is 8.27. The van der Waals surface area contributed by atoms with Gasteiger partial charge in [0.25, 0.3) is 0 Å². The van der Waals surface area contributed by atoms with Crippen LogP contribution in [0.25, 0.3) is 0 Å². The Balaban J connectivity index is 2.58. The van der Waals surface area contributed by atoms with E-state index in [1.807, 2.05) is 10.9 Å². The van der Waals surface area contributed by atoms with Gasteiger partial charge < -0.3 is 0 Å². The molecule has 0 N–H and O–H groups in total. The van der Waals surface area contributed by atoms with Gasteiger partial charge in [-0.1, -0.05) is 24.9 Å². The average Bonchev–Trinajstić information content (AvgIpc) is 2.28. The lowest BCUT2D eigenvalue weighted by molar-refractivity contribution is 0.569. The molecule has 0 aliphatic carbocycles. The minimum atomic E-state index is 0.752. The van der Waals surface area contributed by atoms with Gasteiger partial charge in [-0.05, 0) is 29.0 Å². The van der Waals surface area contributed by atoms with E-state index < -0.39 is 0 Å². The highest BCUT2D eigenvalue weighted by Crippen LogP contribution is 2.15. The van der Waals surface area contributed by atoms with Crippen molar-refractivity contribution in [3.05, 3.63) is 14.9 Å². The molecule has 0 amide bonds. The SMILES string of the molecule is CCCCn1cc(Cl)c(I)n1. The zero-order valence-corrected chi connectivity index (χ0v) is 9.26. The predicted octanol–water partition coefficient (Wildman–Crippen LogP) is 2.94. The van der Waals surface area contributed by atoms with E-state index in [1.165, 1.54) is 6.42 Å². The summed E-state index contributed by atoms with van der Waals surface area (Å²) in [6.07, 6.45) is 4.22. The van der Waals surface area contributed by atoms with Crippen molar-refractivity contribution in [1.82, 2.24) is 9.78 Å². The quantitative estimate of drug-likeness (QED) is 0.780. The second kappa shape index (κ2) is 4.30. The summed E-state index contributed by atoms with van der Waals surface area (Å²) >= 11 is 7.95. The summed E-state index contributed by atoms with van der Waals surface area (Å²) in [4.78, 5) is 0. The molecule has 1 aromatic heterocycles. The van der Waals surface area contributed by atoms with Gasteiger partial charge >= 0.3 is 0 Å². The lowest BCUT2D eigenvalue weighted by Gasteiger charge is -1.96. The molecule has 0 aliphatic rings. The number of rotatable bonds is 3. The van der Waals surface area contributed by atoms with E-state index in [9.17, 15) is 0 Å². The topological polar surface area (TPSA) is 17.8 Å². The van der Waals surface area contributed by atoms with Crippen molar-refractivity contribution < 1.29 is 0 Å². The molecular formula is C7H10ClIN2. The van der Waals surface area contributed by atoms with Crippen LogP contribution in [0, 0.1) is 3.70 Å². The van der Waals surface area contributed by atoms with E-state index in [0.717, 1.165) is 21.7 Å². The third-order valence-electron chi connectivity index (χ3n) is 1.42. The van der Waals surface area contributed by atoms with Gasteiger partial charge in [0.15, 0.2) is 0 Å². The van der Waals surface area contributed by atoms with Crippen molar-refractivity contribution in [2.75, 3.05) is 0 Å². The summed E-state index contributed by atoms with van der Waals surface area (Å²) in [5, 5.41) is 4.97. The lowest BCUT2D eigenvalue weighted by Crippen LogP contribution is -1.97. The van der Waals surface area contributed by atoms with E-state index in [2.05, 4.69) is 34.6 Å². The molecule has 0 saturated heterocycles. The molecule has 0 bridgehead atoms. The van der Waals surface area contributed by atoms with Crippen LogP contribution in [0.4, 0.5) is 0 Å². The molecular weight excluding hydrogens is 274 g/mol. The van der Waals surface area contributed by atoms with Crippen LogP contribution in [0.3, 0.4) is 0 Å². The largest absolute Gasteiger partial charge is 0.270 e. The van der Waals surface area contributed by atoms with Gasteiger partial charge in [-0.3, -0.25) is 4.68 Å². The van der Waals surface area contributed by atoms with Gasteiger partial charge in [-0.15, -0.1) is 0 Å². The van der Waals surface area contributed by atoms with Gasteiger partial charge in [0, 0.05) is 12.7 Å². The van der Waals surface area contributed by atoms with Crippen LogP contribution in [-0.2, 0) is 6.54 Å². The molecule has 11 heavy (non-hydrogen) atoms. The summed E-state index contributed by atoms with van der Waals surface area (Å²) in [5.74, 6) is 0. The third kappa shape index (κ3) is 2.63. The third-order valence-corrected chi connectivity index (χ3v) is 2.81. The van der Waals surface area contributed by atoms with Crippen molar-refractivity contribution in [3.8, 4) is 0 Å². The molecule has 0 saturated carbocycles. The first-order valence-electron chi connectivity index (χ1n) is 3.62. The summed E-state index contributed by atoms with van der Waals surface area (Å²) in [5.41, 5.74) is 0. The maximum absolute atomic E-state index is 5.82. The monoisotopic (exact) mass is 284 g/mol. The first-order chi connectivity index (χ1) is 5.24. The number of aryl methyl sites for hydroxylation is 1. The minimum absolute atomic E-state index is 0.752. The Bertz CT molecular complexity index is 215. The maximum atomic E-state index is 5.82. The van der Waals surface area contributed by atoms with Gasteiger partial charge in [0.2, 0.25) is 0 Å². The summed E-state index contributed by atoms with van der Waals surface area (Å²) in [7, 11) is 0. The molecule has 2 nitrogen and oxygen atoms in total. The normalized spacial score (nSPS) is 10.5. The second-order valence-electron chi connectivity index (χ2n) is 2.38. The van der Waals surface area contributed by atoms with Crippen LogP contribution in [0.15, 0.2) is 6.20 Å². The van der Waals surface area contributed by atoms with Crippen LogP contribution >= 0.6 is 34.2 Å². The number of hydrogen-bond donors (Lipinski definition) is 0. The van der Waals surface area contributed by atoms with Crippen molar-refractivity contribution in [1.29, 1.82) is 0 Å². The van der Waals surface area contributed by atoms with Crippen molar-refractivity contribution in [2.45, 2.75) is 26.3 Å². The number of unbranched alkanes of at least 4 members (excludes halogenated alkanes) is 1. The molecule has 4 heteroatoms. The van der Waals surface area contributed by atoms with Gasteiger partial charge in [0.1, 0.15) is 3.70 Å². The molecule has 0 aromatic carbocycles. The van der Waals surface area contributed by atoms with E-state index in [4.69, 9.17) is 11.6 Å². The molecule has 62 valence electrons. The number of nitrogens with zero attached hydrogens (tertiary/aromatic N) is 2. The van der Waals surface area contributed by atoms with Crippen LogP contribution in [-0.4, -0.2) is 9.78 Å². The van der Waals surface area contributed by atoms with E-state index in [1.54, 1.807) is 0 Å². The van der Waals surface area contributed by atoms with Crippen LogP contribution in [0.2, 0.25) is 5.02 Å². The molecule has 0 spiro atoms. The Morgan fingerprint density at radius 1 is 1.73 bits per heavy atom. The number of halogens is 2. The smallest absolute Gasteiger partial charge is 0.141 e. The molecule has 1 aromatic rings. The highest BCUT2D eigenvalue weighted by Gasteiger charge is 2.01. The predicted molar refractivity (Wildman–Crippen MR) is 54.9 cm³/mol. The van der Waals surface area contributed by atoms with Gasteiger partial charge in [-0.2, -0.15) is 5.10 Å². The van der Waals surface area contributed by atoms with Gasteiger partial charge in [0.05, 0.1) is 5.02 Å². The maximum Gasteiger partial charge on any atom is 0.141 e. The molecule has 0 atom stereocenters. The average molecular weight is 285 g/mol. The van der Waals surface area contributed by atoms with Crippen molar-refractivity contribution in [2.24, 2.45) is 0 Å². The highest BCUT2D eigenvalue weighted by molar-refractivity contribution is 14.1. The Hall–Kier alpha value is 0.230. The van der Waals surface area contributed by atoms with Crippen LogP contribution in [0.1, 0.15) is 19.8 Å². The minimum Gasteiger partial charge on any atom is -0.270 e.